The van der Waals surface area contributed by atoms with Crippen molar-refractivity contribution in [1.82, 2.24) is 4.98 Å². The fourth-order valence-electron chi connectivity index (χ4n) is 2.26. The summed E-state index contributed by atoms with van der Waals surface area (Å²) in [6.45, 7) is 4.17. The molecule has 1 aromatic heterocycles. The normalized spacial score (nSPS) is 8.96. The Kier molecular flexibility index (Phi) is 10.3. The number of aromatic nitrogens is 1. The first kappa shape index (κ1) is 21.4. The van der Waals surface area contributed by atoms with Crippen LogP contribution in [0.1, 0.15) is 11.1 Å². The van der Waals surface area contributed by atoms with Crippen molar-refractivity contribution in [2.24, 2.45) is 0 Å². The zero-order valence-electron chi connectivity index (χ0n) is 13.8. The van der Waals surface area contributed by atoms with Crippen LogP contribution in [0.15, 0.2) is 48.7 Å². The molecule has 0 bridgehead atoms. The van der Waals surface area contributed by atoms with Crippen LogP contribution in [0.2, 0.25) is 0 Å². The average molecular weight is 489 g/mol. The van der Waals surface area contributed by atoms with E-state index in [9.17, 15) is 0 Å². The monoisotopic (exact) mass is 489 g/mol. The van der Waals surface area contributed by atoms with E-state index in [0.717, 1.165) is 31.0 Å². The number of aryl methyl sites for hydroxylation is 2. The Morgan fingerprint density at radius 1 is 0.870 bits per heavy atom. The van der Waals surface area contributed by atoms with Crippen LogP contribution in [-0.2, 0) is 20.1 Å². The van der Waals surface area contributed by atoms with Crippen molar-refractivity contribution in [3.8, 4) is 11.3 Å². The summed E-state index contributed by atoms with van der Waals surface area (Å²) >= 11 is 0. The fraction of sp³-hybridized carbons (Fsp3) is 0.211. The number of pyridine rings is 1. The van der Waals surface area contributed by atoms with Crippen molar-refractivity contribution in [3.63, 3.8) is 0 Å². The van der Waals surface area contributed by atoms with Gasteiger partial charge in [-0.2, -0.15) is 0 Å². The third-order valence-electron chi connectivity index (χ3n) is 3.05. The molecule has 0 fully saturated rings. The molecule has 0 unspecified atom stereocenters. The van der Waals surface area contributed by atoms with E-state index in [1.54, 1.807) is 0 Å². The number of aliphatic hydroxyl groups is 2. The molecule has 0 saturated carbocycles. The molecular formula is C19H22IrNO2-. The van der Waals surface area contributed by atoms with Crippen LogP contribution in [0.5, 0.6) is 0 Å². The molecule has 0 amide bonds. The van der Waals surface area contributed by atoms with Crippen molar-refractivity contribution in [2.75, 3.05) is 14.2 Å². The largest absolute Gasteiger partial charge is 0.400 e. The summed E-state index contributed by atoms with van der Waals surface area (Å²) in [6.07, 6.45) is 1.93. The molecule has 1 heterocycles. The molecular weight excluding hydrogens is 466 g/mol. The first-order chi connectivity index (χ1) is 10.7. The van der Waals surface area contributed by atoms with Crippen LogP contribution in [-0.4, -0.2) is 29.4 Å². The van der Waals surface area contributed by atoms with Gasteiger partial charge in [0.25, 0.3) is 0 Å². The first-order valence-electron chi connectivity index (χ1n) is 6.97. The Labute approximate surface area is 151 Å². The zero-order chi connectivity index (χ0) is 16.5. The van der Waals surface area contributed by atoms with Gasteiger partial charge in [0.05, 0.1) is 0 Å². The number of hydrogen-bond acceptors (Lipinski definition) is 3. The van der Waals surface area contributed by atoms with Crippen molar-refractivity contribution in [3.05, 3.63) is 65.9 Å². The van der Waals surface area contributed by atoms with Crippen molar-refractivity contribution in [2.45, 2.75) is 13.8 Å². The minimum Gasteiger partial charge on any atom is -0.400 e. The summed E-state index contributed by atoms with van der Waals surface area (Å²) in [4.78, 5) is 4.53. The van der Waals surface area contributed by atoms with Gasteiger partial charge in [-0.05, 0) is 16.5 Å². The number of rotatable bonds is 1. The van der Waals surface area contributed by atoms with E-state index in [4.69, 9.17) is 10.2 Å². The van der Waals surface area contributed by atoms with E-state index < -0.39 is 0 Å². The van der Waals surface area contributed by atoms with E-state index in [1.165, 1.54) is 16.3 Å². The summed E-state index contributed by atoms with van der Waals surface area (Å²) < 4.78 is 0. The van der Waals surface area contributed by atoms with Gasteiger partial charge in [-0.3, -0.25) is 0 Å². The summed E-state index contributed by atoms with van der Waals surface area (Å²) in [5.74, 6) is 0. The molecule has 2 N–H and O–H groups in total. The molecule has 0 aliphatic rings. The number of benzene rings is 2. The molecule has 3 aromatic rings. The topological polar surface area (TPSA) is 53.4 Å². The summed E-state index contributed by atoms with van der Waals surface area (Å²) in [6, 6.07) is 18.0. The average Bonchev–Trinajstić information content (AvgIpc) is 2.57. The van der Waals surface area contributed by atoms with Gasteiger partial charge >= 0.3 is 0 Å². The SMILES string of the molecule is CO.CO.Cc1[c-]c(-c2cc3ccccc3cn2)cc(C)c1.[Ir]. The molecule has 1 radical (unpaired) electrons. The van der Waals surface area contributed by atoms with Crippen molar-refractivity contribution < 1.29 is 30.3 Å². The Balaban J connectivity index is 0.000000901. The Morgan fingerprint density at radius 2 is 1.48 bits per heavy atom. The van der Waals surface area contributed by atoms with Crippen LogP contribution in [0.25, 0.3) is 22.0 Å². The van der Waals surface area contributed by atoms with E-state index in [-0.39, 0.29) is 20.1 Å². The quantitative estimate of drug-likeness (QED) is 0.516. The molecule has 3 nitrogen and oxygen atoms in total. The van der Waals surface area contributed by atoms with Gasteiger partial charge in [-0.25, -0.2) is 0 Å². The fourth-order valence-corrected chi connectivity index (χ4v) is 2.26. The summed E-state index contributed by atoms with van der Waals surface area (Å²) in [5, 5.41) is 16.4. The van der Waals surface area contributed by atoms with Crippen molar-refractivity contribution >= 4 is 10.8 Å². The van der Waals surface area contributed by atoms with Gasteiger partial charge in [0, 0.05) is 40.5 Å². The Bertz CT molecular complexity index is 709. The number of fused-ring (bicyclic) bond motifs is 1. The molecule has 4 heteroatoms. The van der Waals surface area contributed by atoms with Crippen LogP contribution >= 0.6 is 0 Å². The predicted molar refractivity (Wildman–Crippen MR) is 91.8 cm³/mol. The maximum absolute atomic E-state index is 7.00. The van der Waals surface area contributed by atoms with Gasteiger partial charge in [0.1, 0.15) is 0 Å². The standard InChI is InChI=1S/C17H14N.2CH4O.Ir/c1-12-7-13(2)9-16(8-12)17-10-14-5-3-4-6-15(14)11-18-17;2*1-2;/h3-8,10-11H,1-2H3;2*2H,1H3;/q-1;;;. The second kappa shape index (κ2) is 11.0. The van der Waals surface area contributed by atoms with E-state index in [1.807, 2.05) is 12.3 Å². The van der Waals surface area contributed by atoms with Gasteiger partial charge in [-0.1, -0.05) is 44.2 Å². The molecule has 0 aliphatic carbocycles. The molecule has 23 heavy (non-hydrogen) atoms. The van der Waals surface area contributed by atoms with E-state index in [2.05, 4.69) is 61.3 Å². The molecule has 2 aromatic carbocycles. The molecule has 3 rings (SSSR count). The third kappa shape index (κ3) is 5.85. The Hall–Kier alpha value is -1.58. The predicted octanol–water partition coefficient (Wildman–Crippen LogP) is 3.53. The summed E-state index contributed by atoms with van der Waals surface area (Å²) in [7, 11) is 2.00. The molecule has 125 valence electrons. The van der Waals surface area contributed by atoms with Gasteiger partial charge in [-0.15, -0.1) is 34.9 Å². The molecule has 0 aliphatic heterocycles. The third-order valence-corrected chi connectivity index (χ3v) is 3.05. The molecule has 0 saturated heterocycles. The molecule has 0 atom stereocenters. The van der Waals surface area contributed by atoms with Crippen molar-refractivity contribution in [1.29, 1.82) is 0 Å². The number of hydrogen-bond donors (Lipinski definition) is 2. The minimum absolute atomic E-state index is 0. The first-order valence-corrected chi connectivity index (χ1v) is 6.97. The number of nitrogens with zero attached hydrogens (tertiary/aromatic N) is 1. The van der Waals surface area contributed by atoms with Crippen LogP contribution in [0.4, 0.5) is 0 Å². The van der Waals surface area contributed by atoms with Crippen LogP contribution < -0.4 is 0 Å². The summed E-state index contributed by atoms with van der Waals surface area (Å²) in [5.41, 5.74) is 4.45. The maximum Gasteiger partial charge on any atom is 0.0319 e. The maximum atomic E-state index is 7.00. The smallest absolute Gasteiger partial charge is 0.0319 e. The van der Waals surface area contributed by atoms with Gasteiger partial charge < -0.3 is 15.2 Å². The Morgan fingerprint density at radius 3 is 2.09 bits per heavy atom. The second-order valence-electron chi connectivity index (χ2n) is 4.67. The molecule has 0 spiro atoms. The zero-order valence-corrected chi connectivity index (χ0v) is 16.2. The van der Waals surface area contributed by atoms with Crippen LogP contribution in [0.3, 0.4) is 0 Å². The second-order valence-corrected chi connectivity index (χ2v) is 4.67. The minimum atomic E-state index is 0. The van der Waals surface area contributed by atoms with Crippen LogP contribution in [0, 0.1) is 19.9 Å². The van der Waals surface area contributed by atoms with E-state index in [0.29, 0.717) is 0 Å². The van der Waals surface area contributed by atoms with E-state index >= 15 is 0 Å². The van der Waals surface area contributed by atoms with Gasteiger partial charge in [0.2, 0.25) is 0 Å². The number of aliphatic hydroxyl groups excluding tert-OH is 2. The van der Waals surface area contributed by atoms with Gasteiger partial charge in [0.15, 0.2) is 0 Å².